The molecule has 0 bridgehead atoms. The van der Waals surface area contributed by atoms with Crippen molar-refractivity contribution in [2.45, 2.75) is 75.4 Å². The van der Waals surface area contributed by atoms with Crippen molar-refractivity contribution in [3.63, 3.8) is 0 Å². The van der Waals surface area contributed by atoms with E-state index in [4.69, 9.17) is 9.84 Å². The van der Waals surface area contributed by atoms with Gasteiger partial charge in [-0.25, -0.2) is 0 Å². The minimum Gasteiger partial charge on any atom is -0.463 e. The minimum absolute atomic E-state index is 0.0362. The fourth-order valence-electron chi connectivity index (χ4n) is 5.31. The van der Waals surface area contributed by atoms with E-state index < -0.39 is 12.2 Å². The van der Waals surface area contributed by atoms with Crippen molar-refractivity contribution in [2.24, 2.45) is 17.8 Å². The molecule has 2 aliphatic rings. The Morgan fingerprint density at radius 2 is 2.18 bits per heavy atom. The first-order valence-corrected chi connectivity index (χ1v) is 13.3. The van der Waals surface area contributed by atoms with Gasteiger partial charge in [-0.3, -0.25) is 4.79 Å². The second-order valence-corrected chi connectivity index (χ2v) is 10.4. The predicted octanol–water partition coefficient (Wildman–Crippen LogP) is 4.27. The van der Waals surface area contributed by atoms with Crippen molar-refractivity contribution in [2.75, 3.05) is 13.2 Å². The molecular formula is C27H37NO5S. The number of carbonyl (C=O) groups excluding carboxylic acids is 1. The molecule has 0 aromatic carbocycles. The fraction of sp³-hybridized carbons (Fsp3) is 0.630. The molecule has 7 heteroatoms. The molecule has 2 saturated carbocycles. The third-order valence-electron chi connectivity index (χ3n) is 7.41. The molecule has 0 saturated heterocycles. The van der Waals surface area contributed by atoms with E-state index in [9.17, 15) is 20.3 Å². The normalized spacial score (nSPS) is 27.0. The molecule has 0 aliphatic heterocycles. The van der Waals surface area contributed by atoms with Crippen molar-refractivity contribution in [3.8, 4) is 6.07 Å². The van der Waals surface area contributed by atoms with Crippen LogP contribution < -0.4 is 0 Å². The van der Waals surface area contributed by atoms with Crippen LogP contribution in [0.25, 0.3) is 0 Å². The van der Waals surface area contributed by atoms with Crippen molar-refractivity contribution >= 4 is 17.3 Å². The largest absolute Gasteiger partial charge is 0.463 e. The maximum atomic E-state index is 11.5. The van der Waals surface area contributed by atoms with Crippen LogP contribution in [0.4, 0.5) is 0 Å². The van der Waals surface area contributed by atoms with Gasteiger partial charge in [0.25, 0.3) is 0 Å². The summed E-state index contributed by atoms with van der Waals surface area (Å²) in [5.74, 6) is -0.569. The molecule has 1 aromatic heterocycles. The van der Waals surface area contributed by atoms with Gasteiger partial charge in [0.1, 0.15) is 6.61 Å². The van der Waals surface area contributed by atoms with E-state index in [1.165, 1.54) is 4.88 Å². The van der Waals surface area contributed by atoms with Crippen molar-refractivity contribution < 1.29 is 24.9 Å². The second kappa shape index (κ2) is 13.2. The molecule has 3 rings (SSSR count). The van der Waals surface area contributed by atoms with E-state index in [-0.39, 0.29) is 42.4 Å². The highest BCUT2D eigenvalue weighted by Crippen LogP contribution is 2.49. The number of aliphatic hydroxyl groups is 3. The van der Waals surface area contributed by atoms with Gasteiger partial charge in [-0.2, -0.15) is 5.26 Å². The molecule has 1 heterocycles. The standard InChI is InChI=1S/C27H37NO5S/c28-19-20-18-23(30)22(21(20)8-3-1-2-4-12-26(32)33-16-15-29)9-5-10-24(31)27(13-7-14-27)25-11-6-17-34-25/h1,3,5-6,9,11,17,20-24,29-31H,2,4,7-8,10,12-16,18H2/t20-,21-,22+,23+,24?/m0/s1. The van der Waals surface area contributed by atoms with Gasteiger partial charge in [0.2, 0.25) is 0 Å². The first-order chi connectivity index (χ1) is 16.5. The topological polar surface area (TPSA) is 111 Å². The molecule has 0 radical (unpaired) electrons. The van der Waals surface area contributed by atoms with Crippen LogP contribution in [0.5, 0.6) is 0 Å². The number of unbranched alkanes of at least 4 members (excludes halogenated alkanes) is 1. The molecule has 1 aromatic rings. The zero-order valence-electron chi connectivity index (χ0n) is 19.7. The summed E-state index contributed by atoms with van der Waals surface area (Å²) >= 11 is 1.71. The molecular weight excluding hydrogens is 450 g/mol. The van der Waals surface area contributed by atoms with Crippen LogP contribution in [0, 0.1) is 29.1 Å². The van der Waals surface area contributed by atoms with Crippen molar-refractivity contribution in [3.05, 3.63) is 46.7 Å². The molecule has 0 amide bonds. The van der Waals surface area contributed by atoms with Gasteiger partial charge in [0.15, 0.2) is 0 Å². The zero-order valence-corrected chi connectivity index (χ0v) is 20.5. The molecule has 3 N–H and O–H groups in total. The molecule has 1 unspecified atom stereocenters. The highest BCUT2D eigenvalue weighted by atomic mass is 32.1. The number of nitrogens with zero attached hydrogens (tertiary/aromatic N) is 1. The van der Waals surface area contributed by atoms with Gasteiger partial charge in [-0.15, -0.1) is 11.3 Å². The van der Waals surface area contributed by atoms with E-state index >= 15 is 0 Å². The van der Waals surface area contributed by atoms with Gasteiger partial charge in [-0.05, 0) is 62.3 Å². The lowest BCUT2D eigenvalue weighted by atomic mass is 9.63. The van der Waals surface area contributed by atoms with Gasteiger partial charge >= 0.3 is 5.97 Å². The molecule has 2 aliphatic carbocycles. The first kappa shape index (κ1) is 26.6. The van der Waals surface area contributed by atoms with E-state index in [0.717, 1.165) is 25.7 Å². The molecule has 5 atom stereocenters. The quantitative estimate of drug-likeness (QED) is 0.218. The summed E-state index contributed by atoms with van der Waals surface area (Å²) in [6, 6.07) is 6.53. The summed E-state index contributed by atoms with van der Waals surface area (Å²) in [6.45, 7) is -0.127. The summed E-state index contributed by atoms with van der Waals surface area (Å²) in [5, 5.41) is 41.9. The molecule has 34 heavy (non-hydrogen) atoms. The number of aliphatic hydroxyl groups excluding tert-OH is 3. The fourth-order valence-corrected chi connectivity index (χ4v) is 6.34. The van der Waals surface area contributed by atoms with Gasteiger partial charge < -0.3 is 20.1 Å². The van der Waals surface area contributed by atoms with Crippen LogP contribution in [-0.2, 0) is 14.9 Å². The Labute approximate surface area is 206 Å². The number of ether oxygens (including phenoxy) is 1. The summed E-state index contributed by atoms with van der Waals surface area (Å²) in [7, 11) is 0. The lowest BCUT2D eigenvalue weighted by Crippen LogP contribution is -2.44. The van der Waals surface area contributed by atoms with Crippen LogP contribution in [0.15, 0.2) is 41.8 Å². The Morgan fingerprint density at radius 3 is 2.82 bits per heavy atom. The Morgan fingerprint density at radius 1 is 1.35 bits per heavy atom. The number of rotatable bonds is 13. The summed E-state index contributed by atoms with van der Waals surface area (Å²) in [6.07, 6.45) is 13.7. The Bertz CT molecular complexity index is 855. The molecule has 0 spiro atoms. The predicted molar refractivity (Wildman–Crippen MR) is 132 cm³/mol. The number of esters is 1. The minimum atomic E-state index is -0.548. The lowest BCUT2D eigenvalue weighted by Gasteiger charge is -2.45. The third kappa shape index (κ3) is 6.57. The number of allylic oxidation sites excluding steroid dienone is 2. The molecule has 6 nitrogen and oxygen atoms in total. The number of hydrogen-bond acceptors (Lipinski definition) is 7. The molecule has 186 valence electrons. The van der Waals surface area contributed by atoms with E-state index in [2.05, 4.69) is 17.5 Å². The third-order valence-corrected chi connectivity index (χ3v) is 8.50. The van der Waals surface area contributed by atoms with Crippen LogP contribution in [0.3, 0.4) is 0 Å². The van der Waals surface area contributed by atoms with Gasteiger partial charge in [0, 0.05) is 22.6 Å². The SMILES string of the molecule is N#C[C@@H]1C[C@@H](O)[C@H](C=CCC(O)C2(c3cccs3)CCC2)[C@H]1CC=CCCCC(=O)OCCO. The summed E-state index contributed by atoms with van der Waals surface area (Å²) in [4.78, 5) is 12.7. The number of nitriles is 1. The van der Waals surface area contributed by atoms with Gasteiger partial charge in [0.05, 0.1) is 30.8 Å². The lowest BCUT2D eigenvalue weighted by molar-refractivity contribution is -0.144. The van der Waals surface area contributed by atoms with E-state index in [1.54, 1.807) is 11.3 Å². The molecule has 2 fully saturated rings. The maximum absolute atomic E-state index is 11.5. The van der Waals surface area contributed by atoms with Crippen molar-refractivity contribution in [1.82, 2.24) is 0 Å². The van der Waals surface area contributed by atoms with Crippen LogP contribution >= 0.6 is 11.3 Å². The average Bonchev–Trinajstić information content (AvgIpc) is 3.43. The zero-order chi connectivity index (χ0) is 24.4. The Balaban J connectivity index is 1.50. The highest BCUT2D eigenvalue weighted by Gasteiger charge is 2.45. The van der Waals surface area contributed by atoms with Crippen LogP contribution in [-0.4, -0.2) is 46.7 Å². The Hall–Kier alpha value is -1.98. The van der Waals surface area contributed by atoms with Gasteiger partial charge in [-0.1, -0.05) is 36.8 Å². The Kier molecular flexibility index (Phi) is 10.3. The van der Waals surface area contributed by atoms with Crippen LogP contribution in [0.1, 0.15) is 62.7 Å². The maximum Gasteiger partial charge on any atom is 0.305 e. The smallest absolute Gasteiger partial charge is 0.305 e. The number of carbonyl (C=O) groups is 1. The van der Waals surface area contributed by atoms with Crippen LogP contribution in [0.2, 0.25) is 0 Å². The monoisotopic (exact) mass is 487 g/mol. The van der Waals surface area contributed by atoms with E-state index in [1.807, 2.05) is 30.4 Å². The number of thiophene rings is 1. The number of hydrogen-bond donors (Lipinski definition) is 3. The average molecular weight is 488 g/mol. The summed E-state index contributed by atoms with van der Waals surface area (Å²) < 4.78 is 4.84. The summed E-state index contributed by atoms with van der Waals surface area (Å²) in [5.41, 5.74) is -0.130. The van der Waals surface area contributed by atoms with E-state index in [0.29, 0.717) is 32.1 Å². The second-order valence-electron chi connectivity index (χ2n) is 9.49. The first-order valence-electron chi connectivity index (χ1n) is 12.4. The van der Waals surface area contributed by atoms with Crippen molar-refractivity contribution in [1.29, 1.82) is 5.26 Å². The highest BCUT2D eigenvalue weighted by molar-refractivity contribution is 7.10.